The van der Waals surface area contributed by atoms with Crippen LogP contribution in [0.4, 0.5) is 5.69 Å². The molecular formula is C16H23IN4O2. The van der Waals surface area contributed by atoms with Crippen LogP contribution in [-0.2, 0) is 6.42 Å². The Bertz CT molecular complexity index is 636. The van der Waals surface area contributed by atoms with E-state index in [2.05, 4.69) is 15.5 Å². The van der Waals surface area contributed by atoms with E-state index in [0.717, 1.165) is 41.3 Å². The molecule has 0 amide bonds. The fraction of sp³-hybridized carbons (Fsp3) is 0.375. The third-order valence-corrected chi connectivity index (χ3v) is 3.39. The molecule has 23 heavy (non-hydrogen) atoms. The maximum Gasteiger partial charge on any atom is 0.193 e. The summed E-state index contributed by atoms with van der Waals surface area (Å²) >= 11 is 0. The van der Waals surface area contributed by atoms with Crippen molar-refractivity contribution in [2.45, 2.75) is 26.7 Å². The lowest BCUT2D eigenvalue weighted by Gasteiger charge is -2.07. The minimum Gasteiger partial charge on any atom is -0.497 e. The average Bonchev–Trinajstić information content (AvgIpc) is 2.83. The number of nitrogens with zero attached hydrogens (tertiary/aromatic N) is 2. The summed E-state index contributed by atoms with van der Waals surface area (Å²) in [5.41, 5.74) is 8.85. The van der Waals surface area contributed by atoms with Gasteiger partial charge >= 0.3 is 0 Å². The predicted octanol–water partition coefficient (Wildman–Crippen LogP) is 3.28. The Balaban J connectivity index is 0.00000264. The van der Waals surface area contributed by atoms with Crippen molar-refractivity contribution >= 4 is 35.6 Å². The number of halogens is 1. The smallest absolute Gasteiger partial charge is 0.193 e. The number of hydrogen-bond acceptors (Lipinski definition) is 4. The number of rotatable bonds is 6. The molecule has 1 heterocycles. The first kappa shape index (κ1) is 19.3. The highest BCUT2D eigenvalue weighted by molar-refractivity contribution is 14.0. The van der Waals surface area contributed by atoms with Crippen molar-refractivity contribution in [1.29, 1.82) is 0 Å². The molecule has 0 bridgehead atoms. The summed E-state index contributed by atoms with van der Waals surface area (Å²) in [7, 11) is 1.63. The molecule has 0 saturated heterocycles. The maximum absolute atomic E-state index is 5.88. The summed E-state index contributed by atoms with van der Waals surface area (Å²) < 4.78 is 10.3. The van der Waals surface area contributed by atoms with Gasteiger partial charge in [-0.15, -0.1) is 24.0 Å². The number of aryl methyl sites for hydroxylation is 2. The summed E-state index contributed by atoms with van der Waals surface area (Å²) in [4.78, 5) is 4.33. The molecule has 3 N–H and O–H groups in total. The Kier molecular flexibility index (Phi) is 7.87. The van der Waals surface area contributed by atoms with E-state index in [1.165, 1.54) is 0 Å². The molecule has 0 aliphatic heterocycles. The van der Waals surface area contributed by atoms with Gasteiger partial charge in [0.05, 0.1) is 12.8 Å². The fourth-order valence-electron chi connectivity index (χ4n) is 2.20. The summed E-state index contributed by atoms with van der Waals surface area (Å²) in [6, 6.07) is 7.55. The van der Waals surface area contributed by atoms with Gasteiger partial charge in [0.25, 0.3) is 0 Å². The van der Waals surface area contributed by atoms with Crippen LogP contribution >= 0.6 is 24.0 Å². The van der Waals surface area contributed by atoms with Crippen molar-refractivity contribution in [3.05, 3.63) is 41.3 Å². The van der Waals surface area contributed by atoms with Gasteiger partial charge in [0.15, 0.2) is 5.96 Å². The number of ether oxygens (including phenoxy) is 1. The molecular weight excluding hydrogens is 407 g/mol. The fourth-order valence-corrected chi connectivity index (χ4v) is 2.20. The molecule has 7 heteroatoms. The van der Waals surface area contributed by atoms with E-state index in [4.69, 9.17) is 15.0 Å². The summed E-state index contributed by atoms with van der Waals surface area (Å²) in [6.07, 6.45) is 1.78. The topological polar surface area (TPSA) is 85.7 Å². The lowest BCUT2D eigenvalue weighted by molar-refractivity contribution is 0.392. The molecule has 0 radical (unpaired) electrons. The standard InChI is InChI=1S/C16H22N4O2.HI/c1-11-15(12(2)22-20-11)8-5-9-18-16(17)19-13-6-4-7-14(10-13)21-3;/h4,6-7,10H,5,8-9H2,1-3H3,(H3,17,18,19);1H. The van der Waals surface area contributed by atoms with Crippen LogP contribution in [0.5, 0.6) is 5.75 Å². The molecule has 6 nitrogen and oxygen atoms in total. The Morgan fingerprint density at radius 3 is 2.83 bits per heavy atom. The van der Waals surface area contributed by atoms with Crippen molar-refractivity contribution in [1.82, 2.24) is 5.16 Å². The van der Waals surface area contributed by atoms with Crippen LogP contribution < -0.4 is 15.8 Å². The molecule has 0 atom stereocenters. The van der Waals surface area contributed by atoms with Crippen LogP contribution in [0.15, 0.2) is 33.8 Å². The number of methoxy groups -OCH3 is 1. The second-order valence-electron chi connectivity index (χ2n) is 5.03. The van der Waals surface area contributed by atoms with E-state index < -0.39 is 0 Å². The van der Waals surface area contributed by atoms with E-state index in [1.807, 2.05) is 38.1 Å². The predicted molar refractivity (Wildman–Crippen MR) is 103 cm³/mol. The zero-order valence-electron chi connectivity index (χ0n) is 13.6. The molecule has 1 aromatic heterocycles. The molecule has 2 rings (SSSR count). The molecule has 0 fully saturated rings. The second kappa shape index (κ2) is 9.39. The zero-order chi connectivity index (χ0) is 15.9. The Labute approximate surface area is 153 Å². The SMILES string of the molecule is COc1cccc(NC(N)=NCCCc2c(C)noc2C)c1.I. The Morgan fingerprint density at radius 1 is 1.39 bits per heavy atom. The van der Waals surface area contributed by atoms with E-state index in [0.29, 0.717) is 12.5 Å². The van der Waals surface area contributed by atoms with Gasteiger partial charge in [-0.1, -0.05) is 11.2 Å². The van der Waals surface area contributed by atoms with Gasteiger partial charge in [-0.25, -0.2) is 0 Å². The highest BCUT2D eigenvalue weighted by atomic mass is 127. The normalized spacial score (nSPS) is 11.0. The molecule has 2 aromatic rings. The number of nitrogens with two attached hydrogens (primary N) is 1. The Hall–Kier alpha value is -1.77. The number of aromatic nitrogens is 1. The molecule has 126 valence electrons. The quantitative estimate of drug-likeness (QED) is 0.318. The number of nitrogens with one attached hydrogen (secondary N) is 1. The summed E-state index contributed by atoms with van der Waals surface area (Å²) in [5, 5.41) is 6.99. The third-order valence-electron chi connectivity index (χ3n) is 3.39. The van der Waals surface area contributed by atoms with Crippen molar-refractivity contribution in [3.8, 4) is 5.75 Å². The van der Waals surface area contributed by atoms with Crippen molar-refractivity contribution in [3.63, 3.8) is 0 Å². The van der Waals surface area contributed by atoms with Gasteiger partial charge in [-0.05, 0) is 38.8 Å². The monoisotopic (exact) mass is 430 g/mol. The highest BCUT2D eigenvalue weighted by Gasteiger charge is 2.07. The number of anilines is 1. The molecule has 0 unspecified atom stereocenters. The van der Waals surface area contributed by atoms with Crippen LogP contribution in [0.2, 0.25) is 0 Å². The first-order chi connectivity index (χ1) is 10.6. The lowest BCUT2D eigenvalue weighted by Crippen LogP contribution is -2.22. The van der Waals surface area contributed by atoms with Gasteiger partial charge in [-0.3, -0.25) is 4.99 Å². The minimum atomic E-state index is 0. The van der Waals surface area contributed by atoms with Gasteiger partial charge in [0, 0.05) is 23.9 Å². The summed E-state index contributed by atoms with van der Waals surface area (Å²) in [5.74, 6) is 2.05. The molecule has 0 aliphatic carbocycles. The molecule has 1 aromatic carbocycles. The maximum atomic E-state index is 5.88. The van der Waals surface area contributed by atoms with Crippen molar-refractivity contribution in [2.75, 3.05) is 19.0 Å². The van der Waals surface area contributed by atoms with Crippen LogP contribution in [-0.4, -0.2) is 24.8 Å². The van der Waals surface area contributed by atoms with Gasteiger partial charge in [0.2, 0.25) is 0 Å². The number of guanidine groups is 1. The van der Waals surface area contributed by atoms with E-state index in [9.17, 15) is 0 Å². The molecule has 0 aliphatic rings. The molecule has 0 saturated carbocycles. The van der Waals surface area contributed by atoms with E-state index in [-0.39, 0.29) is 24.0 Å². The van der Waals surface area contributed by atoms with Gasteiger partial charge in [0.1, 0.15) is 11.5 Å². The van der Waals surface area contributed by atoms with Gasteiger partial charge < -0.3 is 20.3 Å². The van der Waals surface area contributed by atoms with Crippen LogP contribution in [0.25, 0.3) is 0 Å². The first-order valence-electron chi connectivity index (χ1n) is 7.23. The van der Waals surface area contributed by atoms with Gasteiger partial charge in [-0.2, -0.15) is 0 Å². The number of hydrogen-bond donors (Lipinski definition) is 2. The first-order valence-corrected chi connectivity index (χ1v) is 7.23. The minimum absolute atomic E-state index is 0. The zero-order valence-corrected chi connectivity index (χ0v) is 16.0. The molecule has 0 spiro atoms. The lowest BCUT2D eigenvalue weighted by atomic mass is 10.1. The average molecular weight is 430 g/mol. The van der Waals surface area contributed by atoms with E-state index in [1.54, 1.807) is 7.11 Å². The van der Waals surface area contributed by atoms with Crippen molar-refractivity contribution in [2.24, 2.45) is 10.7 Å². The third kappa shape index (κ3) is 5.74. The van der Waals surface area contributed by atoms with E-state index >= 15 is 0 Å². The largest absolute Gasteiger partial charge is 0.497 e. The van der Waals surface area contributed by atoms with Crippen LogP contribution in [0.3, 0.4) is 0 Å². The van der Waals surface area contributed by atoms with Crippen LogP contribution in [0, 0.1) is 13.8 Å². The van der Waals surface area contributed by atoms with Crippen molar-refractivity contribution < 1.29 is 9.26 Å². The number of benzene rings is 1. The summed E-state index contributed by atoms with van der Waals surface area (Å²) in [6.45, 7) is 4.53. The second-order valence-corrected chi connectivity index (χ2v) is 5.03. The number of aliphatic imine (C=N–C) groups is 1. The Morgan fingerprint density at radius 2 is 2.17 bits per heavy atom. The highest BCUT2D eigenvalue weighted by Crippen LogP contribution is 2.16. The van der Waals surface area contributed by atoms with Crippen LogP contribution in [0.1, 0.15) is 23.4 Å².